The average molecular weight is 397 g/mol. The summed E-state index contributed by atoms with van der Waals surface area (Å²) in [6.07, 6.45) is 3.89. The molecule has 0 saturated carbocycles. The van der Waals surface area contributed by atoms with Crippen molar-refractivity contribution in [2.45, 2.75) is 25.5 Å². The Bertz CT molecular complexity index is 1120. The summed E-state index contributed by atoms with van der Waals surface area (Å²) in [5.41, 5.74) is 3.72. The Morgan fingerprint density at radius 1 is 1.15 bits per heavy atom. The van der Waals surface area contributed by atoms with Gasteiger partial charge in [0.15, 0.2) is 0 Å². The first-order valence-electron chi connectivity index (χ1n) is 9.35. The van der Waals surface area contributed by atoms with Crippen molar-refractivity contribution in [2.75, 3.05) is 18.0 Å². The van der Waals surface area contributed by atoms with Gasteiger partial charge >= 0.3 is 0 Å². The lowest BCUT2D eigenvalue weighted by Crippen LogP contribution is -2.38. The van der Waals surface area contributed by atoms with Crippen LogP contribution in [0.2, 0.25) is 5.02 Å². The zero-order chi connectivity index (χ0) is 18.4. The maximum Gasteiger partial charge on any atom is 0.0715 e. The van der Waals surface area contributed by atoms with E-state index in [-0.39, 0.29) is 6.10 Å². The van der Waals surface area contributed by atoms with Gasteiger partial charge in [-0.25, -0.2) is 0 Å². The maximum absolute atomic E-state index is 10.0. The molecule has 0 radical (unpaired) electrons. The fraction of sp³-hybridized carbons (Fsp3) is 0.273. The lowest BCUT2D eigenvalue weighted by Gasteiger charge is -2.32. The quantitative estimate of drug-likeness (QED) is 0.494. The van der Waals surface area contributed by atoms with Crippen molar-refractivity contribution in [2.24, 2.45) is 0 Å². The van der Waals surface area contributed by atoms with Crippen LogP contribution in [0.15, 0.2) is 54.0 Å². The first-order chi connectivity index (χ1) is 13.2. The van der Waals surface area contributed by atoms with Crippen LogP contribution in [0.5, 0.6) is 0 Å². The van der Waals surface area contributed by atoms with Crippen LogP contribution in [-0.2, 0) is 6.54 Å². The van der Waals surface area contributed by atoms with Gasteiger partial charge in [-0.15, -0.1) is 11.3 Å². The van der Waals surface area contributed by atoms with Gasteiger partial charge in [0.25, 0.3) is 0 Å². The SMILES string of the molecule is OC1CCCN(c2ccc3ccn(Cc4csc5ccc(Cl)cc45)c3c2)C1. The molecule has 0 bridgehead atoms. The van der Waals surface area contributed by atoms with Crippen molar-refractivity contribution in [3.05, 3.63) is 64.6 Å². The minimum absolute atomic E-state index is 0.219. The van der Waals surface area contributed by atoms with E-state index in [1.54, 1.807) is 11.3 Å². The van der Waals surface area contributed by atoms with E-state index in [0.29, 0.717) is 0 Å². The predicted octanol–water partition coefficient (Wildman–Crippen LogP) is 5.52. The number of thiophene rings is 1. The van der Waals surface area contributed by atoms with E-state index in [1.165, 1.54) is 32.2 Å². The molecular formula is C22H21ClN2OS. The zero-order valence-corrected chi connectivity index (χ0v) is 16.5. The molecule has 0 aliphatic carbocycles. The molecule has 2 aromatic heterocycles. The zero-order valence-electron chi connectivity index (χ0n) is 14.9. The number of rotatable bonds is 3. The number of β-amino-alcohol motifs (C(OH)–C–C–N with tert-alkyl or cyclic N) is 1. The molecule has 1 fully saturated rings. The summed E-state index contributed by atoms with van der Waals surface area (Å²) < 4.78 is 3.58. The number of fused-ring (bicyclic) bond motifs is 2. The number of hydrogen-bond acceptors (Lipinski definition) is 3. The van der Waals surface area contributed by atoms with Crippen molar-refractivity contribution in [3.8, 4) is 0 Å². The number of aromatic nitrogens is 1. The summed E-state index contributed by atoms with van der Waals surface area (Å²) in [5.74, 6) is 0. The van der Waals surface area contributed by atoms with Gasteiger partial charge in [0.1, 0.15) is 0 Å². The van der Waals surface area contributed by atoms with E-state index in [2.05, 4.69) is 57.4 Å². The standard InChI is InChI=1S/C22H21ClN2OS/c23-17-4-6-22-20(10-17)16(14-27-22)12-25-9-7-15-3-5-18(11-21(15)25)24-8-1-2-19(26)13-24/h3-7,9-11,14,19,26H,1-2,8,12-13H2. The minimum Gasteiger partial charge on any atom is -0.391 e. The molecular weight excluding hydrogens is 376 g/mol. The fourth-order valence-electron chi connectivity index (χ4n) is 4.06. The largest absolute Gasteiger partial charge is 0.391 e. The molecule has 2 aromatic carbocycles. The van der Waals surface area contributed by atoms with Crippen LogP contribution >= 0.6 is 22.9 Å². The molecule has 1 unspecified atom stereocenters. The smallest absolute Gasteiger partial charge is 0.0715 e. The van der Waals surface area contributed by atoms with E-state index in [1.807, 2.05) is 6.07 Å². The summed E-state index contributed by atoms with van der Waals surface area (Å²) in [6, 6.07) is 14.9. The van der Waals surface area contributed by atoms with E-state index in [4.69, 9.17) is 11.6 Å². The lowest BCUT2D eigenvalue weighted by molar-refractivity contribution is 0.154. The first kappa shape index (κ1) is 17.1. The molecule has 5 rings (SSSR count). The lowest BCUT2D eigenvalue weighted by atomic mass is 10.1. The Kier molecular flexibility index (Phi) is 4.35. The second-order valence-corrected chi connectivity index (χ2v) is 8.68. The van der Waals surface area contributed by atoms with Gasteiger partial charge in [0.2, 0.25) is 0 Å². The molecule has 27 heavy (non-hydrogen) atoms. The second-order valence-electron chi connectivity index (χ2n) is 7.33. The predicted molar refractivity (Wildman–Crippen MR) is 115 cm³/mol. The maximum atomic E-state index is 10.0. The van der Waals surface area contributed by atoms with Gasteiger partial charge < -0.3 is 14.6 Å². The molecule has 3 heterocycles. The Morgan fingerprint density at radius 2 is 2.07 bits per heavy atom. The second kappa shape index (κ2) is 6.86. The summed E-state index contributed by atoms with van der Waals surface area (Å²) in [4.78, 5) is 2.30. The minimum atomic E-state index is -0.219. The molecule has 1 saturated heterocycles. The summed E-state index contributed by atoms with van der Waals surface area (Å²) in [6.45, 7) is 2.56. The number of benzene rings is 2. The molecule has 5 heteroatoms. The number of halogens is 1. The molecule has 1 atom stereocenters. The van der Waals surface area contributed by atoms with Crippen LogP contribution in [0.25, 0.3) is 21.0 Å². The molecule has 1 aliphatic rings. The van der Waals surface area contributed by atoms with Crippen molar-refractivity contribution in [1.82, 2.24) is 4.57 Å². The summed E-state index contributed by atoms with van der Waals surface area (Å²) in [7, 11) is 0. The molecule has 0 amide bonds. The first-order valence-corrected chi connectivity index (χ1v) is 10.6. The Balaban J connectivity index is 1.51. The molecule has 0 spiro atoms. The Morgan fingerprint density at radius 3 is 2.96 bits per heavy atom. The third kappa shape index (κ3) is 3.22. The van der Waals surface area contributed by atoms with Crippen LogP contribution in [0.4, 0.5) is 5.69 Å². The number of nitrogens with zero attached hydrogens (tertiary/aromatic N) is 2. The fourth-order valence-corrected chi connectivity index (χ4v) is 5.16. The highest BCUT2D eigenvalue weighted by Crippen LogP contribution is 2.31. The summed E-state index contributed by atoms with van der Waals surface area (Å²) in [5, 5.41) is 15.5. The summed E-state index contributed by atoms with van der Waals surface area (Å²) >= 11 is 7.98. The number of piperidine rings is 1. The highest BCUT2D eigenvalue weighted by molar-refractivity contribution is 7.17. The average Bonchev–Trinajstić information content (AvgIpc) is 3.26. The van der Waals surface area contributed by atoms with E-state index < -0.39 is 0 Å². The highest BCUT2D eigenvalue weighted by Gasteiger charge is 2.18. The number of hydrogen-bond donors (Lipinski definition) is 1. The Labute approximate surface area is 167 Å². The van der Waals surface area contributed by atoms with Crippen LogP contribution < -0.4 is 4.90 Å². The molecule has 3 nitrogen and oxygen atoms in total. The third-order valence-electron chi connectivity index (χ3n) is 5.48. The third-order valence-corrected chi connectivity index (χ3v) is 6.72. The monoisotopic (exact) mass is 396 g/mol. The van der Waals surface area contributed by atoms with Crippen molar-refractivity contribution < 1.29 is 5.11 Å². The van der Waals surface area contributed by atoms with Crippen LogP contribution in [0, 0.1) is 0 Å². The van der Waals surface area contributed by atoms with Crippen molar-refractivity contribution >= 4 is 49.6 Å². The number of anilines is 1. The van der Waals surface area contributed by atoms with E-state index in [0.717, 1.165) is 37.5 Å². The van der Waals surface area contributed by atoms with Gasteiger partial charge in [-0.2, -0.15) is 0 Å². The van der Waals surface area contributed by atoms with E-state index >= 15 is 0 Å². The van der Waals surface area contributed by atoms with Gasteiger partial charge in [-0.3, -0.25) is 0 Å². The Hall–Kier alpha value is -2.01. The van der Waals surface area contributed by atoms with Crippen LogP contribution in [0.1, 0.15) is 18.4 Å². The molecule has 1 aliphatic heterocycles. The normalized spacial score (nSPS) is 17.9. The van der Waals surface area contributed by atoms with Crippen molar-refractivity contribution in [3.63, 3.8) is 0 Å². The van der Waals surface area contributed by atoms with Gasteiger partial charge in [0, 0.05) is 41.2 Å². The van der Waals surface area contributed by atoms with Crippen LogP contribution in [0.3, 0.4) is 0 Å². The van der Waals surface area contributed by atoms with Crippen LogP contribution in [-0.4, -0.2) is 28.9 Å². The molecule has 1 N–H and O–H groups in total. The van der Waals surface area contributed by atoms with E-state index in [9.17, 15) is 5.11 Å². The number of aliphatic hydroxyl groups is 1. The molecule has 4 aromatic rings. The van der Waals surface area contributed by atoms with Gasteiger partial charge in [0.05, 0.1) is 11.6 Å². The number of aliphatic hydroxyl groups excluding tert-OH is 1. The van der Waals surface area contributed by atoms with Crippen molar-refractivity contribution in [1.29, 1.82) is 0 Å². The highest BCUT2D eigenvalue weighted by atomic mass is 35.5. The van der Waals surface area contributed by atoms with Gasteiger partial charge in [-0.1, -0.05) is 17.7 Å². The molecule has 138 valence electrons. The van der Waals surface area contributed by atoms with Gasteiger partial charge in [-0.05, 0) is 71.0 Å². The topological polar surface area (TPSA) is 28.4 Å².